The van der Waals surface area contributed by atoms with E-state index in [0.717, 1.165) is 23.5 Å². The van der Waals surface area contributed by atoms with Crippen molar-refractivity contribution in [2.45, 2.75) is 46.1 Å². The van der Waals surface area contributed by atoms with Crippen LogP contribution in [0.1, 0.15) is 39.2 Å². The van der Waals surface area contributed by atoms with Crippen molar-refractivity contribution in [2.75, 3.05) is 19.8 Å². The molecule has 0 radical (unpaired) electrons. The zero-order chi connectivity index (χ0) is 16.4. The van der Waals surface area contributed by atoms with Crippen molar-refractivity contribution in [3.8, 4) is 11.5 Å². The summed E-state index contributed by atoms with van der Waals surface area (Å²) in [6.45, 7) is 7.61. The lowest BCUT2D eigenvalue weighted by Crippen LogP contribution is -2.27. The number of carbonyl (C=O) groups excluding carboxylic acids is 1. The van der Waals surface area contributed by atoms with Crippen molar-refractivity contribution in [2.24, 2.45) is 5.73 Å². The third kappa shape index (κ3) is 6.80. The SMILES string of the molecule is CCOc1ccc(CCNC(=O)CCC(C)N)cc1OCC. The average molecular weight is 308 g/mol. The minimum Gasteiger partial charge on any atom is -0.490 e. The fourth-order valence-electron chi connectivity index (χ4n) is 2.04. The predicted octanol–water partition coefficient (Wildman–Crippen LogP) is 2.27. The molecule has 0 spiro atoms. The predicted molar refractivity (Wildman–Crippen MR) is 88.4 cm³/mol. The van der Waals surface area contributed by atoms with Crippen molar-refractivity contribution in [3.05, 3.63) is 23.8 Å². The highest BCUT2D eigenvalue weighted by atomic mass is 16.5. The molecular weight excluding hydrogens is 280 g/mol. The molecule has 1 amide bonds. The van der Waals surface area contributed by atoms with Crippen LogP contribution in [0, 0.1) is 0 Å². The first-order valence-electron chi connectivity index (χ1n) is 7.97. The van der Waals surface area contributed by atoms with Gasteiger partial charge in [0.15, 0.2) is 11.5 Å². The van der Waals surface area contributed by atoms with Gasteiger partial charge in [-0.1, -0.05) is 6.07 Å². The Bertz CT molecular complexity index is 461. The van der Waals surface area contributed by atoms with E-state index in [1.54, 1.807) is 0 Å². The Balaban J connectivity index is 2.48. The summed E-state index contributed by atoms with van der Waals surface area (Å²) in [5.74, 6) is 1.56. The zero-order valence-corrected chi connectivity index (χ0v) is 13.9. The topological polar surface area (TPSA) is 73.6 Å². The quantitative estimate of drug-likeness (QED) is 0.695. The van der Waals surface area contributed by atoms with Gasteiger partial charge >= 0.3 is 0 Å². The summed E-state index contributed by atoms with van der Waals surface area (Å²) in [7, 11) is 0. The molecule has 0 fully saturated rings. The van der Waals surface area contributed by atoms with Crippen LogP contribution in [0.5, 0.6) is 11.5 Å². The van der Waals surface area contributed by atoms with E-state index in [4.69, 9.17) is 15.2 Å². The molecule has 5 heteroatoms. The molecule has 1 atom stereocenters. The number of nitrogens with two attached hydrogens (primary N) is 1. The van der Waals surface area contributed by atoms with Gasteiger partial charge in [0.2, 0.25) is 5.91 Å². The highest BCUT2D eigenvalue weighted by Crippen LogP contribution is 2.28. The molecule has 3 N–H and O–H groups in total. The molecule has 0 aliphatic rings. The number of carbonyl (C=O) groups is 1. The number of ether oxygens (including phenoxy) is 2. The van der Waals surface area contributed by atoms with Crippen LogP contribution in [0.25, 0.3) is 0 Å². The van der Waals surface area contributed by atoms with E-state index in [-0.39, 0.29) is 11.9 Å². The van der Waals surface area contributed by atoms with Crippen molar-refractivity contribution in [1.82, 2.24) is 5.32 Å². The molecule has 0 aromatic heterocycles. The second-order valence-electron chi connectivity index (χ2n) is 5.26. The number of nitrogens with one attached hydrogen (secondary N) is 1. The molecule has 1 unspecified atom stereocenters. The van der Waals surface area contributed by atoms with Crippen LogP contribution in [0.2, 0.25) is 0 Å². The van der Waals surface area contributed by atoms with Crippen molar-refractivity contribution in [3.63, 3.8) is 0 Å². The van der Waals surface area contributed by atoms with Crippen LogP contribution in [-0.4, -0.2) is 31.7 Å². The Morgan fingerprint density at radius 2 is 1.91 bits per heavy atom. The van der Waals surface area contributed by atoms with E-state index < -0.39 is 0 Å². The van der Waals surface area contributed by atoms with Crippen LogP contribution >= 0.6 is 0 Å². The lowest BCUT2D eigenvalue weighted by atomic mass is 10.1. The molecule has 124 valence electrons. The second kappa shape index (κ2) is 10.1. The third-order valence-corrected chi connectivity index (χ3v) is 3.17. The number of rotatable bonds is 10. The maximum absolute atomic E-state index is 11.6. The highest BCUT2D eigenvalue weighted by Gasteiger charge is 2.07. The summed E-state index contributed by atoms with van der Waals surface area (Å²) in [6.07, 6.45) is 1.95. The fourth-order valence-corrected chi connectivity index (χ4v) is 2.04. The molecule has 22 heavy (non-hydrogen) atoms. The van der Waals surface area contributed by atoms with Gasteiger partial charge in [0, 0.05) is 19.0 Å². The monoisotopic (exact) mass is 308 g/mol. The first-order chi connectivity index (χ1) is 10.6. The van der Waals surface area contributed by atoms with Gasteiger partial charge in [0.25, 0.3) is 0 Å². The molecule has 0 saturated carbocycles. The maximum Gasteiger partial charge on any atom is 0.220 e. The summed E-state index contributed by atoms with van der Waals surface area (Å²) in [6, 6.07) is 5.96. The van der Waals surface area contributed by atoms with Gasteiger partial charge in [0.1, 0.15) is 0 Å². The Morgan fingerprint density at radius 3 is 2.55 bits per heavy atom. The molecule has 0 bridgehead atoms. The average Bonchev–Trinajstić information content (AvgIpc) is 2.48. The minimum atomic E-state index is 0.0493. The van der Waals surface area contributed by atoms with Gasteiger partial charge in [-0.3, -0.25) is 4.79 Å². The van der Waals surface area contributed by atoms with Crippen LogP contribution in [-0.2, 0) is 11.2 Å². The summed E-state index contributed by atoms with van der Waals surface area (Å²) in [5.41, 5.74) is 6.75. The van der Waals surface area contributed by atoms with Crippen LogP contribution in [0.4, 0.5) is 0 Å². The Morgan fingerprint density at radius 1 is 1.23 bits per heavy atom. The number of hydrogen-bond acceptors (Lipinski definition) is 4. The Labute approximate surface area is 133 Å². The molecule has 1 aromatic rings. The second-order valence-corrected chi connectivity index (χ2v) is 5.26. The maximum atomic E-state index is 11.6. The molecule has 5 nitrogen and oxygen atoms in total. The van der Waals surface area contributed by atoms with Gasteiger partial charge < -0.3 is 20.5 Å². The standard InChI is InChI=1S/C17H28N2O3/c1-4-21-15-8-7-14(12-16(15)22-5-2)10-11-19-17(20)9-6-13(3)18/h7-8,12-13H,4-6,9-11,18H2,1-3H3,(H,19,20). The van der Waals surface area contributed by atoms with Gasteiger partial charge in [-0.25, -0.2) is 0 Å². The van der Waals surface area contributed by atoms with E-state index in [2.05, 4.69) is 5.32 Å². The van der Waals surface area contributed by atoms with Crippen LogP contribution in [0.3, 0.4) is 0 Å². The third-order valence-electron chi connectivity index (χ3n) is 3.17. The summed E-state index contributed by atoms with van der Waals surface area (Å²) in [4.78, 5) is 11.6. The summed E-state index contributed by atoms with van der Waals surface area (Å²) < 4.78 is 11.1. The first kappa shape index (κ1) is 18.3. The lowest BCUT2D eigenvalue weighted by Gasteiger charge is -2.12. The lowest BCUT2D eigenvalue weighted by molar-refractivity contribution is -0.121. The van der Waals surface area contributed by atoms with Gasteiger partial charge in [-0.05, 0) is 51.3 Å². The molecule has 0 saturated heterocycles. The Kier molecular flexibility index (Phi) is 8.36. The van der Waals surface area contributed by atoms with E-state index in [1.165, 1.54) is 0 Å². The number of hydrogen-bond donors (Lipinski definition) is 2. The largest absolute Gasteiger partial charge is 0.490 e. The zero-order valence-electron chi connectivity index (χ0n) is 13.9. The number of benzene rings is 1. The smallest absolute Gasteiger partial charge is 0.220 e. The highest BCUT2D eigenvalue weighted by molar-refractivity contribution is 5.75. The minimum absolute atomic E-state index is 0.0493. The first-order valence-corrected chi connectivity index (χ1v) is 7.97. The van der Waals surface area contributed by atoms with Gasteiger partial charge in [-0.15, -0.1) is 0 Å². The van der Waals surface area contributed by atoms with Gasteiger partial charge in [-0.2, -0.15) is 0 Å². The fraction of sp³-hybridized carbons (Fsp3) is 0.588. The van der Waals surface area contributed by atoms with Crippen LogP contribution in [0.15, 0.2) is 18.2 Å². The molecule has 0 heterocycles. The van der Waals surface area contributed by atoms with E-state index in [0.29, 0.717) is 32.6 Å². The molecule has 0 aliphatic carbocycles. The molecule has 1 aromatic carbocycles. The van der Waals surface area contributed by atoms with E-state index in [9.17, 15) is 4.79 Å². The molecular formula is C17H28N2O3. The van der Waals surface area contributed by atoms with Crippen LogP contribution < -0.4 is 20.5 Å². The summed E-state index contributed by atoms with van der Waals surface area (Å²) >= 11 is 0. The Hall–Kier alpha value is -1.75. The van der Waals surface area contributed by atoms with Crippen molar-refractivity contribution < 1.29 is 14.3 Å². The molecule has 0 aliphatic heterocycles. The normalized spacial score (nSPS) is 11.8. The van der Waals surface area contributed by atoms with Crippen molar-refractivity contribution >= 4 is 5.91 Å². The number of amides is 1. The van der Waals surface area contributed by atoms with E-state index in [1.807, 2.05) is 39.0 Å². The van der Waals surface area contributed by atoms with Crippen molar-refractivity contribution in [1.29, 1.82) is 0 Å². The van der Waals surface area contributed by atoms with E-state index >= 15 is 0 Å². The molecule has 1 rings (SSSR count). The van der Waals surface area contributed by atoms with Gasteiger partial charge in [0.05, 0.1) is 13.2 Å². The summed E-state index contributed by atoms with van der Waals surface area (Å²) in [5, 5.41) is 2.91.